The second kappa shape index (κ2) is 4.60. The lowest BCUT2D eigenvalue weighted by molar-refractivity contribution is 0.292. The zero-order chi connectivity index (χ0) is 12.6. The van der Waals surface area contributed by atoms with Crippen LogP contribution in [0.15, 0.2) is 28.7 Å². The predicted molar refractivity (Wildman–Crippen MR) is 75.0 cm³/mol. The van der Waals surface area contributed by atoms with Crippen LogP contribution in [0.1, 0.15) is 38.4 Å². The number of furan rings is 1. The average Bonchev–Trinajstić information content (AvgIpc) is 2.95. The van der Waals surface area contributed by atoms with Crippen molar-refractivity contribution in [3.8, 4) is 0 Å². The molecule has 1 aromatic heterocycles. The minimum absolute atomic E-state index is 0.0419. The van der Waals surface area contributed by atoms with Crippen LogP contribution in [0.25, 0.3) is 11.0 Å². The lowest BCUT2D eigenvalue weighted by Gasteiger charge is -2.26. The van der Waals surface area contributed by atoms with Gasteiger partial charge >= 0.3 is 0 Å². The monoisotopic (exact) mass is 263 g/mol. The highest BCUT2D eigenvalue weighted by molar-refractivity contribution is 6.31. The minimum Gasteiger partial charge on any atom is -0.459 e. The van der Waals surface area contributed by atoms with Crippen LogP contribution >= 0.6 is 11.6 Å². The van der Waals surface area contributed by atoms with Crippen molar-refractivity contribution in [1.82, 2.24) is 5.32 Å². The molecule has 0 bridgehead atoms. The van der Waals surface area contributed by atoms with E-state index in [0.29, 0.717) is 0 Å². The van der Waals surface area contributed by atoms with Gasteiger partial charge in [0.15, 0.2) is 0 Å². The zero-order valence-corrected chi connectivity index (χ0v) is 11.4. The van der Waals surface area contributed by atoms with Gasteiger partial charge in [-0.05, 0) is 50.1 Å². The van der Waals surface area contributed by atoms with Crippen LogP contribution in [0.4, 0.5) is 0 Å². The molecule has 2 nitrogen and oxygen atoms in total. The molecule has 1 aliphatic heterocycles. The Kier molecular flexibility index (Phi) is 3.08. The summed E-state index contributed by atoms with van der Waals surface area (Å²) >= 11 is 6.03. The van der Waals surface area contributed by atoms with Crippen molar-refractivity contribution >= 4 is 22.6 Å². The molecular weight excluding hydrogens is 246 g/mol. The van der Waals surface area contributed by atoms with E-state index in [0.717, 1.165) is 47.6 Å². The van der Waals surface area contributed by atoms with Gasteiger partial charge in [-0.1, -0.05) is 24.9 Å². The third-order valence-corrected chi connectivity index (χ3v) is 4.11. The largest absolute Gasteiger partial charge is 0.459 e. The molecule has 1 fully saturated rings. The third-order valence-electron chi connectivity index (χ3n) is 3.87. The Labute approximate surface area is 112 Å². The molecule has 0 amide bonds. The molecule has 1 aliphatic rings. The quantitative estimate of drug-likeness (QED) is 0.884. The highest BCUT2D eigenvalue weighted by Gasteiger charge is 2.37. The van der Waals surface area contributed by atoms with Crippen LogP contribution in [-0.4, -0.2) is 6.54 Å². The first-order chi connectivity index (χ1) is 8.73. The molecule has 0 spiro atoms. The van der Waals surface area contributed by atoms with E-state index in [1.165, 1.54) is 6.42 Å². The lowest BCUT2D eigenvalue weighted by atomic mass is 9.89. The summed E-state index contributed by atoms with van der Waals surface area (Å²) in [7, 11) is 0. The summed E-state index contributed by atoms with van der Waals surface area (Å²) in [4.78, 5) is 0. The Hall–Kier alpha value is -0.990. The first-order valence-electron chi connectivity index (χ1n) is 6.68. The lowest BCUT2D eigenvalue weighted by Crippen LogP contribution is -2.36. The molecule has 1 saturated heterocycles. The van der Waals surface area contributed by atoms with E-state index in [-0.39, 0.29) is 5.54 Å². The molecule has 18 heavy (non-hydrogen) atoms. The van der Waals surface area contributed by atoms with Crippen LogP contribution in [-0.2, 0) is 5.54 Å². The molecule has 0 aliphatic carbocycles. The SMILES string of the molecule is CCCC1(c2cc3cc(Cl)ccc3o2)CCCN1. The molecule has 1 unspecified atom stereocenters. The smallest absolute Gasteiger partial charge is 0.134 e. The maximum absolute atomic E-state index is 6.04. The molecule has 2 heterocycles. The van der Waals surface area contributed by atoms with Gasteiger partial charge in [0.05, 0.1) is 5.54 Å². The fourth-order valence-corrected chi connectivity index (χ4v) is 3.21. The number of rotatable bonds is 3. The van der Waals surface area contributed by atoms with Crippen LogP contribution in [0.2, 0.25) is 5.02 Å². The number of fused-ring (bicyclic) bond motifs is 1. The van der Waals surface area contributed by atoms with Gasteiger partial charge < -0.3 is 9.73 Å². The molecule has 1 N–H and O–H groups in total. The maximum atomic E-state index is 6.04. The van der Waals surface area contributed by atoms with Gasteiger partial charge in [-0.3, -0.25) is 0 Å². The normalized spacial score (nSPS) is 23.9. The van der Waals surface area contributed by atoms with Gasteiger partial charge in [0.25, 0.3) is 0 Å². The highest BCUT2D eigenvalue weighted by Crippen LogP contribution is 2.38. The van der Waals surface area contributed by atoms with Crippen LogP contribution in [0.5, 0.6) is 0 Å². The number of halogens is 1. The molecule has 1 atom stereocenters. The Balaban J connectivity index is 2.06. The molecular formula is C15H18ClNO. The molecule has 96 valence electrons. The first kappa shape index (κ1) is 12.1. The van der Waals surface area contributed by atoms with Gasteiger partial charge in [-0.15, -0.1) is 0 Å². The topological polar surface area (TPSA) is 25.2 Å². The van der Waals surface area contributed by atoms with Crippen molar-refractivity contribution < 1.29 is 4.42 Å². The summed E-state index contributed by atoms with van der Waals surface area (Å²) in [6.45, 7) is 3.30. The predicted octanol–water partition coefficient (Wildman–Crippen LogP) is 4.47. The minimum atomic E-state index is 0.0419. The maximum Gasteiger partial charge on any atom is 0.134 e. The fraction of sp³-hybridized carbons (Fsp3) is 0.467. The number of hydrogen-bond donors (Lipinski definition) is 1. The van der Waals surface area contributed by atoms with E-state index in [1.54, 1.807) is 0 Å². The van der Waals surface area contributed by atoms with E-state index in [2.05, 4.69) is 18.3 Å². The van der Waals surface area contributed by atoms with E-state index in [1.807, 2.05) is 18.2 Å². The summed E-state index contributed by atoms with van der Waals surface area (Å²) in [5.41, 5.74) is 0.971. The summed E-state index contributed by atoms with van der Waals surface area (Å²) in [6, 6.07) is 7.95. The van der Waals surface area contributed by atoms with Crippen LogP contribution in [0.3, 0.4) is 0 Å². The summed E-state index contributed by atoms with van der Waals surface area (Å²) < 4.78 is 6.04. The molecule has 3 rings (SSSR count). The Morgan fingerprint density at radius 2 is 2.28 bits per heavy atom. The van der Waals surface area contributed by atoms with Gasteiger partial charge in [0, 0.05) is 10.4 Å². The number of benzene rings is 1. The Morgan fingerprint density at radius 1 is 1.39 bits per heavy atom. The molecule has 0 saturated carbocycles. The molecule has 0 radical (unpaired) electrons. The van der Waals surface area contributed by atoms with Crippen molar-refractivity contribution in [2.24, 2.45) is 0 Å². The van der Waals surface area contributed by atoms with Crippen LogP contribution in [0, 0.1) is 0 Å². The van der Waals surface area contributed by atoms with E-state index in [9.17, 15) is 0 Å². The standard InChI is InChI=1S/C15H18ClNO/c1-2-6-15(7-3-8-17-15)14-10-11-9-12(16)4-5-13(11)18-14/h4-5,9-10,17H,2-3,6-8H2,1H3. The number of hydrogen-bond acceptors (Lipinski definition) is 2. The van der Waals surface area contributed by atoms with Gasteiger partial charge in [-0.2, -0.15) is 0 Å². The summed E-state index contributed by atoms with van der Waals surface area (Å²) in [5, 5.41) is 5.50. The van der Waals surface area contributed by atoms with E-state index in [4.69, 9.17) is 16.0 Å². The van der Waals surface area contributed by atoms with Crippen molar-refractivity contribution in [3.05, 3.63) is 35.0 Å². The van der Waals surface area contributed by atoms with E-state index < -0.39 is 0 Å². The van der Waals surface area contributed by atoms with Crippen molar-refractivity contribution in [2.45, 2.75) is 38.1 Å². The fourth-order valence-electron chi connectivity index (χ4n) is 3.03. The van der Waals surface area contributed by atoms with Crippen molar-refractivity contribution in [2.75, 3.05) is 6.54 Å². The molecule has 3 heteroatoms. The second-order valence-corrected chi connectivity index (χ2v) is 5.59. The first-order valence-corrected chi connectivity index (χ1v) is 7.06. The zero-order valence-electron chi connectivity index (χ0n) is 10.6. The van der Waals surface area contributed by atoms with Crippen molar-refractivity contribution in [3.63, 3.8) is 0 Å². The van der Waals surface area contributed by atoms with Gasteiger partial charge in [0.1, 0.15) is 11.3 Å². The summed E-state index contributed by atoms with van der Waals surface area (Å²) in [6.07, 6.45) is 4.66. The third kappa shape index (κ3) is 1.94. The van der Waals surface area contributed by atoms with Crippen molar-refractivity contribution in [1.29, 1.82) is 0 Å². The number of nitrogens with one attached hydrogen (secondary N) is 1. The Bertz CT molecular complexity index is 555. The highest BCUT2D eigenvalue weighted by atomic mass is 35.5. The summed E-state index contributed by atoms with van der Waals surface area (Å²) in [5.74, 6) is 1.07. The molecule has 1 aromatic carbocycles. The second-order valence-electron chi connectivity index (χ2n) is 5.16. The van der Waals surface area contributed by atoms with Gasteiger partial charge in [-0.25, -0.2) is 0 Å². The average molecular weight is 264 g/mol. The van der Waals surface area contributed by atoms with Gasteiger partial charge in [0.2, 0.25) is 0 Å². The van der Waals surface area contributed by atoms with Crippen LogP contribution < -0.4 is 5.32 Å². The van der Waals surface area contributed by atoms with E-state index >= 15 is 0 Å². The Morgan fingerprint density at radius 3 is 3.00 bits per heavy atom. The molecule has 2 aromatic rings.